The fourth-order valence-electron chi connectivity index (χ4n) is 3.04. The molecule has 2 aliphatic heterocycles. The van der Waals surface area contributed by atoms with Crippen molar-refractivity contribution in [2.24, 2.45) is 0 Å². The molecule has 0 aromatic heterocycles. The van der Waals surface area contributed by atoms with Crippen LogP contribution in [-0.2, 0) is 14.4 Å². The van der Waals surface area contributed by atoms with Gasteiger partial charge in [0.2, 0.25) is 12.0 Å². The summed E-state index contributed by atoms with van der Waals surface area (Å²) in [6, 6.07) is 14.0. The number of nitrogens with zero attached hydrogens (tertiary/aromatic N) is 1. The van der Waals surface area contributed by atoms with Crippen molar-refractivity contribution < 1.29 is 28.6 Å². The van der Waals surface area contributed by atoms with Gasteiger partial charge in [-0.25, -0.2) is 0 Å². The summed E-state index contributed by atoms with van der Waals surface area (Å²) in [5.41, 5.74) is 5.14. The Morgan fingerprint density at radius 1 is 0.966 bits per heavy atom. The fourth-order valence-corrected chi connectivity index (χ4v) is 3.04. The number of anilines is 1. The first-order valence-electron chi connectivity index (χ1n) is 9.11. The molecule has 2 N–H and O–H groups in total. The molecular weight excluding hydrogens is 378 g/mol. The molecule has 3 amide bonds. The van der Waals surface area contributed by atoms with Crippen LogP contribution in [0.3, 0.4) is 0 Å². The monoisotopic (exact) mass is 397 g/mol. The van der Waals surface area contributed by atoms with Crippen LogP contribution in [0.5, 0.6) is 17.2 Å². The van der Waals surface area contributed by atoms with Gasteiger partial charge in [-0.1, -0.05) is 24.3 Å². The number of carbonyl (C=O) groups excluding carboxylic acids is 3. The summed E-state index contributed by atoms with van der Waals surface area (Å²) in [6.45, 7) is 0.00355. The third-order valence-corrected chi connectivity index (χ3v) is 4.46. The fraction of sp³-hybridized carbons (Fsp3) is 0.250. The summed E-state index contributed by atoms with van der Waals surface area (Å²) < 4.78 is 16.6. The van der Waals surface area contributed by atoms with Crippen LogP contribution in [0, 0.1) is 0 Å². The minimum absolute atomic E-state index is 0.0219. The van der Waals surface area contributed by atoms with Crippen LogP contribution in [0.4, 0.5) is 5.69 Å². The first-order chi connectivity index (χ1) is 14.1. The highest BCUT2D eigenvalue weighted by Crippen LogP contribution is 2.31. The van der Waals surface area contributed by atoms with Crippen LogP contribution in [-0.4, -0.2) is 43.6 Å². The third kappa shape index (κ3) is 4.08. The Hall–Kier alpha value is -3.75. The number of hydrazine groups is 1. The number of hydrogen-bond donors (Lipinski definition) is 2. The number of fused-ring (bicyclic) bond motifs is 2. The van der Waals surface area contributed by atoms with Crippen molar-refractivity contribution >= 4 is 23.4 Å². The van der Waals surface area contributed by atoms with Gasteiger partial charge in [-0.15, -0.1) is 0 Å². The van der Waals surface area contributed by atoms with Gasteiger partial charge in [0.1, 0.15) is 18.9 Å². The zero-order valence-electron chi connectivity index (χ0n) is 15.4. The van der Waals surface area contributed by atoms with Gasteiger partial charge in [0.25, 0.3) is 11.8 Å². The summed E-state index contributed by atoms with van der Waals surface area (Å²) >= 11 is 0. The molecule has 4 rings (SSSR count). The molecule has 150 valence electrons. The zero-order chi connectivity index (χ0) is 20.2. The Bertz CT molecular complexity index is 947. The summed E-state index contributed by atoms with van der Waals surface area (Å²) in [5, 5.41) is 0. The van der Waals surface area contributed by atoms with Crippen LogP contribution in [0.2, 0.25) is 0 Å². The smallest absolute Gasteiger partial charge is 0.283 e. The van der Waals surface area contributed by atoms with Crippen molar-refractivity contribution in [2.75, 3.05) is 24.7 Å². The Balaban J connectivity index is 1.34. The molecule has 0 saturated heterocycles. The summed E-state index contributed by atoms with van der Waals surface area (Å²) in [5.74, 6) is 0.191. The lowest BCUT2D eigenvalue weighted by Gasteiger charge is -2.26. The van der Waals surface area contributed by atoms with E-state index >= 15 is 0 Å². The van der Waals surface area contributed by atoms with Gasteiger partial charge < -0.3 is 14.2 Å². The molecular formula is C20H19N3O6. The quantitative estimate of drug-likeness (QED) is 0.742. The second kappa shape index (κ2) is 8.09. The van der Waals surface area contributed by atoms with Crippen molar-refractivity contribution in [3.05, 3.63) is 48.5 Å². The molecule has 1 atom stereocenters. The first-order valence-corrected chi connectivity index (χ1v) is 9.11. The van der Waals surface area contributed by atoms with Crippen molar-refractivity contribution in [1.82, 2.24) is 10.9 Å². The Morgan fingerprint density at radius 2 is 1.69 bits per heavy atom. The molecule has 9 heteroatoms. The molecule has 0 saturated carbocycles. The van der Waals surface area contributed by atoms with E-state index in [2.05, 4.69) is 10.9 Å². The molecule has 2 aromatic carbocycles. The van der Waals surface area contributed by atoms with Crippen LogP contribution >= 0.6 is 0 Å². The average molecular weight is 397 g/mol. The van der Waals surface area contributed by atoms with Gasteiger partial charge in [-0.2, -0.15) is 0 Å². The minimum atomic E-state index is -0.904. The van der Waals surface area contributed by atoms with Crippen molar-refractivity contribution in [1.29, 1.82) is 0 Å². The highest BCUT2D eigenvalue weighted by molar-refractivity contribution is 6.00. The molecule has 9 nitrogen and oxygen atoms in total. The van der Waals surface area contributed by atoms with Gasteiger partial charge in [0.05, 0.1) is 18.7 Å². The lowest BCUT2D eigenvalue weighted by molar-refractivity contribution is -0.134. The van der Waals surface area contributed by atoms with Gasteiger partial charge >= 0.3 is 0 Å². The van der Waals surface area contributed by atoms with E-state index in [1.165, 1.54) is 4.90 Å². The first kappa shape index (κ1) is 18.6. The van der Waals surface area contributed by atoms with Crippen LogP contribution in [0.25, 0.3) is 0 Å². The van der Waals surface area contributed by atoms with Crippen LogP contribution in [0.1, 0.15) is 6.42 Å². The predicted octanol–water partition coefficient (Wildman–Crippen LogP) is 0.790. The minimum Gasteiger partial charge on any atom is -0.491 e. The molecule has 0 fully saturated rings. The van der Waals surface area contributed by atoms with Crippen molar-refractivity contribution in [3.63, 3.8) is 0 Å². The lowest BCUT2D eigenvalue weighted by Crippen LogP contribution is -2.53. The number of carbonyl (C=O) groups is 3. The van der Waals surface area contributed by atoms with E-state index in [-0.39, 0.29) is 32.1 Å². The molecule has 0 unspecified atom stereocenters. The normalized spacial score (nSPS) is 17.4. The highest BCUT2D eigenvalue weighted by atomic mass is 16.6. The molecule has 2 aromatic rings. The summed E-state index contributed by atoms with van der Waals surface area (Å²) in [6.07, 6.45) is -0.750. The standard InChI is InChI=1S/C20H19N3O6/c24-18(11-23-13-5-1-2-6-14(13)27-10-9-19(23)25)21-22-20(26)17-12-28-15-7-3-4-8-16(15)29-17/h1-8,17H,9-12H2,(H,21,24)(H,22,26)/t17-/m0/s1. The maximum absolute atomic E-state index is 12.4. The SMILES string of the molecule is O=C(CN1C(=O)CCOc2ccccc21)NNC(=O)[C@@H]1COc2ccccc2O1. The predicted molar refractivity (Wildman–Crippen MR) is 102 cm³/mol. The number of amides is 3. The summed E-state index contributed by atoms with van der Waals surface area (Å²) in [7, 11) is 0. The molecule has 0 radical (unpaired) electrons. The third-order valence-electron chi connectivity index (χ3n) is 4.46. The molecule has 2 aliphatic rings. The number of para-hydroxylation sites is 4. The van der Waals surface area contributed by atoms with E-state index in [4.69, 9.17) is 14.2 Å². The van der Waals surface area contributed by atoms with Gasteiger partial charge in [-0.05, 0) is 24.3 Å². The molecule has 0 bridgehead atoms. The van der Waals surface area contributed by atoms with Gasteiger partial charge in [-0.3, -0.25) is 30.1 Å². The topological polar surface area (TPSA) is 106 Å². The molecule has 2 heterocycles. The van der Waals surface area contributed by atoms with Gasteiger partial charge in [0.15, 0.2) is 11.5 Å². The zero-order valence-corrected chi connectivity index (χ0v) is 15.4. The average Bonchev–Trinajstić information content (AvgIpc) is 2.90. The Morgan fingerprint density at radius 3 is 2.52 bits per heavy atom. The number of hydrogen-bond acceptors (Lipinski definition) is 6. The Labute approximate surface area is 166 Å². The Kier molecular flexibility index (Phi) is 5.19. The highest BCUT2D eigenvalue weighted by Gasteiger charge is 2.29. The molecule has 0 spiro atoms. The summed E-state index contributed by atoms with van der Waals surface area (Å²) in [4.78, 5) is 38.3. The van der Waals surface area contributed by atoms with Gasteiger partial charge in [0, 0.05) is 0 Å². The molecule has 29 heavy (non-hydrogen) atoms. The number of rotatable bonds is 3. The number of ether oxygens (including phenoxy) is 3. The molecule has 0 aliphatic carbocycles. The van der Waals surface area contributed by atoms with E-state index < -0.39 is 17.9 Å². The second-order valence-corrected chi connectivity index (χ2v) is 6.45. The van der Waals surface area contributed by atoms with Crippen molar-refractivity contribution in [3.8, 4) is 17.2 Å². The van der Waals surface area contributed by atoms with Crippen LogP contribution in [0.15, 0.2) is 48.5 Å². The number of nitrogens with one attached hydrogen (secondary N) is 2. The van der Waals surface area contributed by atoms with E-state index in [0.717, 1.165) is 0 Å². The lowest BCUT2D eigenvalue weighted by atomic mass is 10.2. The largest absolute Gasteiger partial charge is 0.491 e. The van der Waals surface area contributed by atoms with E-state index in [0.29, 0.717) is 22.9 Å². The number of benzene rings is 2. The van der Waals surface area contributed by atoms with E-state index in [1.54, 1.807) is 48.5 Å². The van der Waals surface area contributed by atoms with Crippen LogP contribution < -0.4 is 30.0 Å². The second-order valence-electron chi connectivity index (χ2n) is 6.45. The maximum atomic E-state index is 12.4. The van der Waals surface area contributed by atoms with E-state index in [1.807, 2.05) is 0 Å². The van der Waals surface area contributed by atoms with E-state index in [9.17, 15) is 14.4 Å². The maximum Gasteiger partial charge on any atom is 0.283 e. The van der Waals surface area contributed by atoms with Crippen molar-refractivity contribution in [2.45, 2.75) is 12.5 Å².